The van der Waals surface area contributed by atoms with Crippen molar-refractivity contribution >= 4 is 26.8 Å². The molecule has 1 atom stereocenters. The Bertz CT molecular complexity index is 1070. The van der Waals surface area contributed by atoms with Crippen LogP contribution in [-0.2, 0) is 16.4 Å². The van der Waals surface area contributed by atoms with E-state index in [0.717, 1.165) is 22.9 Å². The Hall–Kier alpha value is -2.64. The van der Waals surface area contributed by atoms with Gasteiger partial charge in [0.2, 0.25) is 10.0 Å². The molecular weight excluding hydrogens is 374 g/mol. The first kappa shape index (κ1) is 20.1. The number of aromatic amines is 1. The molecule has 0 spiro atoms. The van der Waals surface area contributed by atoms with Crippen molar-refractivity contribution in [1.82, 2.24) is 15.0 Å². The van der Waals surface area contributed by atoms with E-state index in [1.54, 1.807) is 12.1 Å². The predicted molar refractivity (Wildman–Crippen MR) is 111 cm³/mol. The highest BCUT2D eigenvalue weighted by molar-refractivity contribution is 7.89. The number of sulfonamides is 1. The summed E-state index contributed by atoms with van der Waals surface area (Å²) in [5.74, 6) is -0.273. The molecule has 0 fully saturated rings. The van der Waals surface area contributed by atoms with Crippen molar-refractivity contribution < 1.29 is 13.2 Å². The van der Waals surface area contributed by atoms with E-state index in [1.165, 1.54) is 12.1 Å². The van der Waals surface area contributed by atoms with Gasteiger partial charge in [-0.1, -0.05) is 31.2 Å². The number of carbonyl (C=O) groups excluding carboxylic acids is 1. The van der Waals surface area contributed by atoms with E-state index in [1.807, 2.05) is 44.3 Å². The lowest BCUT2D eigenvalue weighted by Gasteiger charge is -2.12. The maximum atomic E-state index is 12.6. The molecule has 3 rings (SSSR count). The van der Waals surface area contributed by atoms with E-state index in [2.05, 4.69) is 15.0 Å². The zero-order valence-electron chi connectivity index (χ0n) is 16.0. The number of rotatable bonds is 8. The van der Waals surface area contributed by atoms with Crippen LogP contribution in [0.4, 0.5) is 0 Å². The normalized spacial score (nSPS) is 12.8. The Kier molecular flexibility index (Phi) is 6.16. The maximum Gasteiger partial charge on any atom is 0.251 e. The second kappa shape index (κ2) is 8.58. The molecule has 0 aliphatic rings. The fraction of sp³-hybridized carbons (Fsp3) is 0.286. The average molecular weight is 400 g/mol. The number of hydrogen-bond donors (Lipinski definition) is 3. The van der Waals surface area contributed by atoms with E-state index >= 15 is 0 Å². The van der Waals surface area contributed by atoms with E-state index in [0.29, 0.717) is 12.0 Å². The molecule has 0 bridgehead atoms. The van der Waals surface area contributed by atoms with Gasteiger partial charge in [-0.05, 0) is 49.6 Å². The van der Waals surface area contributed by atoms with Gasteiger partial charge in [-0.3, -0.25) is 4.79 Å². The molecule has 7 heteroatoms. The highest BCUT2D eigenvalue weighted by atomic mass is 32.2. The van der Waals surface area contributed by atoms with E-state index in [4.69, 9.17) is 0 Å². The van der Waals surface area contributed by atoms with E-state index in [9.17, 15) is 13.2 Å². The van der Waals surface area contributed by atoms with Crippen LogP contribution >= 0.6 is 0 Å². The number of amides is 1. The lowest BCUT2D eigenvalue weighted by atomic mass is 10.1. The zero-order chi connectivity index (χ0) is 20.1. The van der Waals surface area contributed by atoms with Crippen LogP contribution in [0.25, 0.3) is 10.9 Å². The van der Waals surface area contributed by atoms with Crippen molar-refractivity contribution in [2.24, 2.45) is 0 Å². The minimum Gasteiger partial charge on any atom is -0.361 e. The Morgan fingerprint density at radius 3 is 2.71 bits per heavy atom. The van der Waals surface area contributed by atoms with Gasteiger partial charge in [-0.25, -0.2) is 13.1 Å². The van der Waals surface area contributed by atoms with Crippen molar-refractivity contribution in [3.63, 3.8) is 0 Å². The Labute approximate surface area is 165 Å². The topological polar surface area (TPSA) is 91.1 Å². The van der Waals surface area contributed by atoms with Crippen molar-refractivity contribution in [3.8, 4) is 0 Å². The molecule has 0 saturated heterocycles. The van der Waals surface area contributed by atoms with Gasteiger partial charge in [0.25, 0.3) is 5.91 Å². The lowest BCUT2D eigenvalue weighted by Crippen LogP contribution is -2.32. The fourth-order valence-corrected chi connectivity index (χ4v) is 4.03. The van der Waals surface area contributed by atoms with Gasteiger partial charge in [0.15, 0.2) is 0 Å². The number of nitrogens with one attached hydrogen (secondary N) is 3. The summed E-state index contributed by atoms with van der Waals surface area (Å²) < 4.78 is 27.9. The summed E-state index contributed by atoms with van der Waals surface area (Å²) in [6.07, 6.45) is 3.27. The van der Waals surface area contributed by atoms with E-state index in [-0.39, 0.29) is 23.4 Å². The quantitative estimate of drug-likeness (QED) is 0.543. The second-order valence-electron chi connectivity index (χ2n) is 6.82. The highest BCUT2D eigenvalue weighted by Gasteiger charge is 2.17. The summed E-state index contributed by atoms with van der Waals surface area (Å²) in [5, 5.41) is 3.93. The van der Waals surface area contributed by atoms with Gasteiger partial charge >= 0.3 is 0 Å². The minimum atomic E-state index is -3.70. The van der Waals surface area contributed by atoms with Crippen LogP contribution in [0, 0.1) is 0 Å². The number of aromatic nitrogens is 1. The van der Waals surface area contributed by atoms with Gasteiger partial charge in [0, 0.05) is 35.2 Å². The van der Waals surface area contributed by atoms with Gasteiger partial charge in [0.05, 0.1) is 4.90 Å². The number of para-hydroxylation sites is 1. The number of hydrogen-bond acceptors (Lipinski definition) is 3. The van der Waals surface area contributed by atoms with Crippen LogP contribution in [0.5, 0.6) is 0 Å². The number of H-pyrrole nitrogens is 1. The molecule has 3 N–H and O–H groups in total. The van der Waals surface area contributed by atoms with Crippen LogP contribution in [-0.4, -0.2) is 31.9 Å². The summed E-state index contributed by atoms with van der Waals surface area (Å²) in [6, 6.07) is 14.0. The minimum absolute atomic E-state index is 0.0297. The van der Waals surface area contributed by atoms with Crippen molar-refractivity contribution in [3.05, 3.63) is 65.9 Å². The SMILES string of the molecule is CCC(C)NC(=O)c1cccc(S(=O)(=O)NCCc2c[nH]c3ccccc23)c1. The lowest BCUT2D eigenvalue weighted by molar-refractivity contribution is 0.0939. The first-order valence-corrected chi connectivity index (χ1v) is 10.8. The van der Waals surface area contributed by atoms with Crippen molar-refractivity contribution in [2.75, 3.05) is 6.54 Å². The van der Waals surface area contributed by atoms with E-state index < -0.39 is 10.0 Å². The summed E-state index contributed by atoms with van der Waals surface area (Å²) in [6.45, 7) is 4.15. The van der Waals surface area contributed by atoms with Crippen LogP contribution in [0.15, 0.2) is 59.6 Å². The first-order valence-electron chi connectivity index (χ1n) is 9.36. The van der Waals surface area contributed by atoms with Crippen LogP contribution < -0.4 is 10.0 Å². The van der Waals surface area contributed by atoms with Gasteiger partial charge in [0.1, 0.15) is 0 Å². The number of fused-ring (bicyclic) bond motifs is 1. The zero-order valence-corrected chi connectivity index (χ0v) is 16.8. The third kappa shape index (κ3) is 4.61. The molecule has 1 amide bonds. The molecule has 148 valence electrons. The molecule has 0 radical (unpaired) electrons. The monoisotopic (exact) mass is 399 g/mol. The van der Waals surface area contributed by atoms with Crippen LogP contribution in [0.1, 0.15) is 36.2 Å². The predicted octanol–water partition coefficient (Wildman–Crippen LogP) is 3.22. The molecule has 6 nitrogen and oxygen atoms in total. The third-order valence-electron chi connectivity index (χ3n) is 4.76. The summed E-state index contributed by atoms with van der Waals surface area (Å²) in [4.78, 5) is 15.5. The molecule has 1 aromatic heterocycles. The Morgan fingerprint density at radius 1 is 1.14 bits per heavy atom. The molecule has 0 aliphatic carbocycles. The molecular formula is C21H25N3O3S. The molecule has 3 aromatic rings. The molecule has 1 heterocycles. The Balaban J connectivity index is 1.67. The van der Waals surface area contributed by atoms with Crippen LogP contribution in [0.2, 0.25) is 0 Å². The smallest absolute Gasteiger partial charge is 0.251 e. The molecule has 0 saturated carbocycles. The van der Waals surface area contributed by atoms with Gasteiger partial charge in [-0.2, -0.15) is 0 Å². The summed E-state index contributed by atoms with van der Waals surface area (Å²) in [5.41, 5.74) is 2.42. The molecule has 1 unspecified atom stereocenters. The van der Waals surface area contributed by atoms with Crippen LogP contribution in [0.3, 0.4) is 0 Å². The highest BCUT2D eigenvalue weighted by Crippen LogP contribution is 2.18. The number of benzene rings is 2. The molecule has 28 heavy (non-hydrogen) atoms. The first-order chi connectivity index (χ1) is 13.4. The number of carbonyl (C=O) groups is 1. The molecule has 0 aliphatic heterocycles. The van der Waals surface area contributed by atoms with Gasteiger partial charge < -0.3 is 10.3 Å². The summed E-state index contributed by atoms with van der Waals surface area (Å²) >= 11 is 0. The van der Waals surface area contributed by atoms with Crippen molar-refractivity contribution in [2.45, 2.75) is 37.6 Å². The maximum absolute atomic E-state index is 12.6. The second-order valence-corrected chi connectivity index (χ2v) is 8.58. The fourth-order valence-electron chi connectivity index (χ4n) is 2.96. The third-order valence-corrected chi connectivity index (χ3v) is 6.22. The largest absolute Gasteiger partial charge is 0.361 e. The molecule has 2 aromatic carbocycles. The van der Waals surface area contributed by atoms with Gasteiger partial charge in [-0.15, -0.1) is 0 Å². The standard InChI is InChI=1S/C21H25N3O3S/c1-3-15(2)24-21(25)16-7-6-8-18(13-16)28(26,27)23-12-11-17-14-22-20-10-5-4-9-19(17)20/h4-10,13-15,22-23H,3,11-12H2,1-2H3,(H,24,25). The summed E-state index contributed by atoms with van der Waals surface area (Å²) in [7, 11) is -3.70. The van der Waals surface area contributed by atoms with Crippen molar-refractivity contribution in [1.29, 1.82) is 0 Å². The average Bonchev–Trinajstić information content (AvgIpc) is 3.11. The Morgan fingerprint density at radius 2 is 1.93 bits per heavy atom.